The second kappa shape index (κ2) is 13.6. The van der Waals surface area contributed by atoms with Crippen molar-refractivity contribution < 1.29 is 24.2 Å². The second-order valence-electron chi connectivity index (χ2n) is 11.7. The largest absolute Gasteiger partial charge is 0.508 e. The van der Waals surface area contributed by atoms with E-state index < -0.39 is 12.1 Å². The summed E-state index contributed by atoms with van der Waals surface area (Å²) in [5.41, 5.74) is 0.821. The SMILES string of the molecule is C[C@@H]1CN[C@@H](C2CC2)C(=O)N(C)[C@H](C)C(=O)N[C@H](Cc2ccc(O)cc2)C(=O)NCCCC2CCCCC2O1. The smallest absolute Gasteiger partial charge is 0.243 e. The summed E-state index contributed by atoms with van der Waals surface area (Å²) in [6.45, 7) is 4.88. The normalized spacial score (nSPS) is 32.4. The average molecular weight is 543 g/mol. The number of rotatable bonds is 3. The van der Waals surface area contributed by atoms with E-state index in [4.69, 9.17) is 4.74 Å². The lowest BCUT2D eigenvalue weighted by atomic mass is 9.83. The van der Waals surface area contributed by atoms with Crippen LogP contribution in [0.4, 0.5) is 0 Å². The van der Waals surface area contributed by atoms with E-state index in [1.165, 1.54) is 17.7 Å². The molecule has 1 aromatic carbocycles. The third kappa shape index (κ3) is 8.18. The zero-order chi connectivity index (χ0) is 27.9. The first-order valence-corrected chi connectivity index (χ1v) is 14.7. The van der Waals surface area contributed by atoms with Gasteiger partial charge in [-0.15, -0.1) is 0 Å². The molecule has 9 nitrogen and oxygen atoms in total. The van der Waals surface area contributed by atoms with Crippen LogP contribution in [0, 0.1) is 11.8 Å². The van der Waals surface area contributed by atoms with E-state index in [-0.39, 0.29) is 54.1 Å². The number of nitrogens with one attached hydrogen (secondary N) is 3. The van der Waals surface area contributed by atoms with E-state index in [0.717, 1.165) is 44.1 Å². The first-order chi connectivity index (χ1) is 18.7. The van der Waals surface area contributed by atoms with Crippen molar-refractivity contribution in [3.63, 3.8) is 0 Å². The molecule has 0 aromatic heterocycles. The monoisotopic (exact) mass is 542 g/mol. The Morgan fingerprint density at radius 3 is 2.33 bits per heavy atom. The molecular weight excluding hydrogens is 496 g/mol. The first-order valence-electron chi connectivity index (χ1n) is 14.7. The number of hydrogen-bond acceptors (Lipinski definition) is 6. The number of fused-ring (bicyclic) bond motifs is 1. The third-order valence-electron chi connectivity index (χ3n) is 8.60. The fourth-order valence-corrected chi connectivity index (χ4v) is 5.86. The number of benzene rings is 1. The van der Waals surface area contributed by atoms with Gasteiger partial charge < -0.3 is 30.7 Å². The average Bonchev–Trinajstić information content (AvgIpc) is 3.76. The summed E-state index contributed by atoms with van der Waals surface area (Å²) in [5, 5.41) is 19.0. The Kier molecular flexibility index (Phi) is 10.2. The van der Waals surface area contributed by atoms with E-state index >= 15 is 0 Å². The lowest BCUT2D eigenvalue weighted by Crippen LogP contribution is -2.57. The molecule has 1 aromatic rings. The highest BCUT2D eigenvalue weighted by Crippen LogP contribution is 2.34. The van der Waals surface area contributed by atoms with Crippen LogP contribution in [0.5, 0.6) is 5.75 Å². The second-order valence-corrected chi connectivity index (χ2v) is 11.7. The number of phenols is 1. The van der Waals surface area contributed by atoms with Crippen LogP contribution >= 0.6 is 0 Å². The van der Waals surface area contributed by atoms with E-state index in [9.17, 15) is 19.5 Å². The van der Waals surface area contributed by atoms with E-state index in [0.29, 0.717) is 19.0 Å². The fourth-order valence-electron chi connectivity index (χ4n) is 5.86. The molecule has 2 unspecified atom stereocenters. The molecule has 1 aliphatic heterocycles. The van der Waals surface area contributed by atoms with Gasteiger partial charge >= 0.3 is 0 Å². The molecule has 0 spiro atoms. The summed E-state index contributed by atoms with van der Waals surface area (Å²) in [6, 6.07) is 4.74. The van der Waals surface area contributed by atoms with Gasteiger partial charge in [0.15, 0.2) is 0 Å². The van der Waals surface area contributed by atoms with E-state index in [2.05, 4.69) is 22.9 Å². The topological polar surface area (TPSA) is 120 Å². The van der Waals surface area contributed by atoms with Crippen molar-refractivity contribution in [3.05, 3.63) is 29.8 Å². The summed E-state index contributed by atoms with van der Waals surface area (Å²) in [5.74, 6) is 0.136. The highest BCUT2D eigenvalue weighted by molar-refractivity contribution is 5.93. The molecule has 3 fully saturated rings. The quantitative estimate of drug-likeness (QED) is 0.466. The predicted molar refractivity (Wildman–Crippen MR) is 149 cm³/mol. The Morgan fingerprint density at radius 1 is 0.923 bits per heavy atom. The summed E-state index contributed by atoms with van der Waals surface area (Å²) in [7, 11) is 1.66. The van der Waals surface area contributed by atoms with Gasteiger partial charge in [-0.3, -0.25) is 14.4 Å². The van der Waals surface area contributed by atoms with E-state index in [1.54, 1.807) is 38.2 Å². The maximum Gasteiger partial charge on any atom is 0.243 e. The third-order valence-corrected chi connectivity index (χ3v) is 8.60. The minimum atomic E-state index is -0.796. The van der Waals surface area contributed by atoms with Crippen LogP contribution in [0.2, 0.25) is 0 Å². The Hall–Kier alpha value is -2.65. The van der Waals surface area contributed by atoms with Crippen LogP contribution < -0.4 is 16.0 Å². The Morgan fingerprint density at radius 2 is 1.62 bits per heavy atom. The molecule has 216 valence electrons. The van der Waals surface area contributed by atoms with Crippen LogP contribution in [-0.4, -0.2) is 78.2 Å². The van der Waals surface area contributed by atoms with Gasteiger partial charge in [-0.1, -0.05) is 25.0 Å². The molecule has 4 N–H and O–H groups in total. The number of carbonyl (C=O) groups excluding carboxylic acids is 3. The van der Waals surface area contributed by atoms with Crippen molar-refractivity contribution >= 4 is 17.7 Å². The molecule has 9 heteroatoms. The van der Waals surface area contributed by atoms with Crippen LogP contribution in [0.3, 0.4) is 0 Å². The molecule has 0 radical (unpaired) electrons. The molecule has 2 aliphatic carbocycles. The highest BCUT2D eigenvalue weighted by atomic mass is 16.5. The van der Waals surface area contributed by atoms with Gasteiger partial charge in [0.05, 0.1) is 18.2 Å². The fraction of sp³-hybridized carbons (Fsp3) is 0.700. The van der Waals surface area contributed by atoms with Gasteiger partial charge in [0.1, 0.15) is 17.8 Å². The number of aromatic hydroxyl groups is 1. The minimum absolute atomic E-state index is 0.0186. The number of ether oxygens (including phenoxy) is 1. The molecule has 6 atom stereocenters. The minimum Gasteiger partial charge on any atom is -0.508 e. The van der Waals surface area contributed by atoms with Gasteiger partial charge in [-0.2, -0.15) is 0 Å². The number of amides is 3. The summed E-state index contributed by atoms with van der Waals surface area (Å²) < 4.78 is 6.50. The van der Waals surface area contributed by atoms with Crippen LogP contribution in [-0.2, 0) is 25.5 Å². The molecule has 2 saturated carbocycles. The van der Waals surface area contributed by atoms with E-state index in [1.807, 2.05) is 0 Å². The van der Waals surface area contributed by atoms with Crippen molar-refractivity contribution in [1.29, 1.82) is 0 Å². The highest BCUT2D eigenvalue weighted by Gasteiger charge is 2.40. The van der Waals surface area contributed by atoms with Gasteiger partial charge in [0.25, 0.3) is 0 Å². The summed E-state index contributed by atoms with van der Waals surface area (Å²) in [4.78, 5) is 41.6. The Labute approximate surface area is 232 Å². The van der Waals surface area contributed by atoms with Crippen molar-refractivity contribution in [1.82, 2.24) is 20.9 Å². The molecular formula is C30H46N4O5. The Balaban J connectivity index is 1.52. The van der Waals surface area contributed by atoms with Crippen molar-refractivity contribution in [2.24, 2.45) is 11.8 Å². The van der Waals surface area contributed by atoms with Crippen LogP contribution in [0.15, 0.2) is 24.3 Å². The molecule has 3 amide bonds. The molecule has 0 bridgehead atoms. The van der Waals surface area contributed by atoms with Crippen LogP contribution in [0.25, 0.3) is 0 Å². The Bertz CT molecular complexity index is 982. The molecule has 1 saturated heterocycles. The molecule has 1 heterocycles. The number of carbonyl (C=O) groups is 3. The lowest BCUT2D eigenvalue weighted by molar-refractivity contribution is -0.141. The standard InChI is InChI=1S/C30H46N4O5/c1-19-18-32-27(23-12-13-23)30(38)34(3)20(2)28(36)33-25(17-21-10-14-24(35)15-11-21)29(37)31-16-6-8-22-7-4-5-9-26(22)39-19/h10-11,14-15,19-20,22-23,25-27,32,35H,4-9,12-13,16-18H2,1-3H3,(H,31,37)(H,33,36)/t19-,20-,22?,25-,26?,27+/m1/s1. The number of nitrogens with zero attached hydrogens (tertiary/aromatic N) is 1. The zero-order valence-corrected chi connectivity index (χ0v) is 23.7. The van der Waals surface area contributed by atoms with Crippen LogP contribution in [0.1, 0.15) is 70.8 Å². The maximum atomic E-state index is 13.5. The van der Waals surface area contributed by atoms with Gasteiger partial charge in [-0.25, -0.2) is 0 Å². The summed E-state index contributed by atoms with van der Waals surface area (Å²) in [6.07, 6.45) is 8.82. The van der Waals surface area contributed by atoms with Crippen molar-refractivity contribution in [2.45, 2.75) is 102 Å². The van der Waals surface area contributed by atoms with Crippen molar-refractivity contribution in [2.75, 3.05) is 20.1 Å². The van der Waals surface area contributed by atoms with Gasteiger partial charge in [0.2, 0.25) is 17.7 Å². The number of phenolic OH excluding ortho intramolecular Hbond substituents is 1. The molecule has 39 heavy (non-hydrogen) atoms. The predicted octanol–water partition coefficient (Wildman–Crippen LogP) is 2.51. The number of likely N-dealkylation sites (N-methyl/N-ethyl adjacent to an activating group) is 1. The van der Waals surface area contributed by atoms with Gasteiger partial charge in [0, 0.05) is 26.6 Å². The van der Waals surface area contributed by atoms with Crippen molar-refractivity contribution in [3.8, 4) is 5.75 Å². The first kappa shape index (κ1) is 29.3. The summed E-state index contributed by atoms with van der Waals surface area (Å²) >= 11 is 0. The van der Waals surface area contributed by atoms with Gasteiger partial charge in [-0.05, 0) is 81.9 Å². The number of hydrogen-bond donors (Lipinski definition) is 4. The zero-order valence-electron chi connectivity index (χ0n) is 23.7. The molecule has 4 rings (SSSR count). The molecule has 3 aliphatic rings. The maximum absolute atomic E-state index is 13.5. The lowest BCUT2D eigenvalue weighted by Gasteiger charge is -2.35.